The summed E-state index contributed by atoms with van der Waals surface area (Å²) in [6, 6.07) is 0. The van der Waals surface area contributed by atoms with Gasteiger partial charge in [0.25, 0.3) is 0 Å². The maximum Gasteiger partial charge on any atom is 0.427 e. The molecule has 2 nitrogen and oxygen atoms in total. The van der Waals surface area contributed by atoms with Crippen LogP contribution in [0.2, 0.25) is 0 Å². The molecule has 0 aromatic rings. The standard InChI is InChI=1S/C4H5F3N2/c5-4(6,7)3-8-1-2-9-3/h1-3,8-9H. The van der Waals surface area contributed by atoms with Gasteiger partial charge in [0.2, 0.25) is 0 Å². The van der Waals surface area contributed by atoms with Crippen LogP contribution in [0.1, 0.15) is 0 Å². The van der Waals surface area contributed by atoms with Crippen LogP contribution in [0.15, 0.2) is 12.4 Å². The van der Waals surface area contributed by atoms with E-state index in [-0.39, 0.29) is 0 Å². The second-order valence-electron chi connectivity index (χ2n) is 1.64. The topological polar surface area (TPSA) is 24.1 Å². The summed E-state index contributed by atoms with van der Waals surface area (Å²) in [6.45, 7) is 0. The molecule has 0 bridgehead atoms. The summed E-state index contributed by atoms with van der Waals surface area (Å²) in [6.07, 6.45) is -3.36. The first-order chi connectivity index (χ1) is 4.11. The molecule has 1 aliphatic rings. The molecule has 5 heteroatoms. The van der Waals surface area contributed by atoms with Crippen LogP contribution in [-0.4, -0.2) is 12.3 Å². The molecule has 0 fully saturated rings. The molecular weight excluding hydrogens is 133 g/mol. The molecule has 1 rings (SSSR count). The van der Waals surface area contributed by atoms with Gasteiger partial charge < -0.3 is 10.6 Å². The van der Waals surface area contributed by atoms with E-state index < -0.39 is 12.3 Å². The van der Waals surface area contributed by atoms with E-state index in [1.807, 2.05) is 0 Å². The summed E-state index contributed by atoms with van der Waals surface area (Å²) in [5, 5.41) is 4.16. The lowest BCUT2D eigenvalue weighted by molar-refractivity contribution is -0.155. The Morgan fingerprint density at radius 2 is 1.56 bits per heavy atom. The SMILES string of the molecule is FC(F)(F)C1NC=CN1. The average Bonchev–Trinajstić information content (AvgIpc) is 2.08. The summed E-state index contributed by atoms with van der Waals surface area (Å²) >= 11 is 0. The minimum atomic E-state index is -4.20. The van der Waals surface area contributed by atoms with Crippen molar-refractivity contribution in [1.29, 1.82) is 0 Å². The van der Waals surface area contributed by atoms with Crippen LogP contribution in [0.3, 0.4) is 0 Å². The Balaban J connectivity index is 2.46. The van der Waals surface area contributed by atoms with Gasteiger partial charge >= 0.3 is 6.18 Å². The minimum absolute atomic E-state index is 1.22. The van der Waals surface area contributed by atoms with Crippen LogP contribution in [0.25, 0.3) is 0 Å². The highest BCUT2D eigenvalue weighted by Gasteiger charge is 2.39. The fraction of sp³-hybridized carbons (Fsp3) is 0.500. The molecular formula is C4H5F3N2. The van der Waals surface area contributed by atoms with Gasteiger partial charge in [-0.1, -0.05) is 0 Å². The predicted octanol–water partition coefficient (Wildman–Crippen LogP) is 0.539. The molecule has 2 N–H and O–H groups in total. The van der Waals surface area contributed by atoms with Crippen molar-refractivity contribution in [3.8, 4) is 0 Å². The van der Waals surface area contributed by atoms with E-state index in [1.54, 1.807) is 0 Å². The van der Waals surface area contributed by atoms with Crippen molar-refractivity contribution in [3.05, 3.63) is 12.4 Å². The fourth-order valence-corrected chi connectivity index (χ4v) is 0.526. The van der Waals surface area contributed by atoms with Crippen molar-refractivity contribution in [3.63, 3.8) is 0 Å². The van der Waals surface area contributed by atoms with Gasteiger partial charge in [-0.15, -0.1) is 0 Å². The highest BCUT2D eigenvalue weighted by atomic mass is 19.4. The van der Waals surface area contributed by atoms with E-state index in [1.165, 1.54) is 12.4 Å². The molecule has 0 spiro atoms. The molecule has 0 saturated heterocycles. The van der Waals surface area contributed by atoms with Crippen molar-refractivity contribution in [2.75, 3.05) is 0 Å². The molecule has 0 aromatic heterocycles. The van der Waals surface area contributed by atoms with Crippen molar-refractivity contribution in [2.45, 2.75) is 12.3 Å². The van der Waals surface area contributed by atoms with Crippen molar-refractivity contribution in [1.82, 2.24) is 10.6 Å². The van der Waals surface area contributed by atoms with Crippen LogP contribution < -0.4 is 10.6 Å². The van der Waals surface area contributed by atoms with E-state index in [9.17, 15) is 13.2 Å². The molecule has 0 amide bonds. The van der Waals surface area contributed by atoms with Crippen molar-refractivity contribution < 1.29 is 13.2 Å². The molecule has 9 heavy (non-hydrogen) atoms. The zero-order chi connectivity index (χ0) is 6.91. The van der Waals surface area contributed by atoms with Gasteiger partial charge in [0.1, 0.15) is 0 Å². The van der Waals surface area contributed by atoms with Crippen LogP contribution in [-0.2, 0) is 0 Å². The smallest absolute Gasteiger partial charge is 0.363 e. The lowest BCUT2D eigenvalue weighted by Gasteiger charge is -2.14. The molecule has 0 aliphatic carbocycles. The van der Waals surface area contributed by atoms with Gasteiger partial charge in [0.15, 0.2) is 6.17 Å². The van der Waals surface area contributed by atoms with E-state index >= 15 is 0 Å². The zero-order valence-electron chi connectivity index (χ0n) is 4.37. The largest absolute Gasteiger partial charge is 0.427 e. The van der Waals surface area contributed by atoms with E-state index in [0.29, 0.717) is 0 Å². The third-order valence-corrected chi connectivity index (χ3v) is 0.936. The van der Waals surface area contributed by atoms with Crippen LogP contribution >= 0.6 is 0 Å². The highest BCUT2D eigenvalue weighted by Crippen LogP contribution is 2.19. The lowest BCUT2D eigenvalue weighted by Crippen LogP contribution is -2.44. The quantitative estimate of drug-likeness (QED) is 0.510. The number of nitrogens with one attached hydrogen (secondary N) is 2. The molecule has 0 unspecified atom stereocenters. The second kappa shape index (κ2) is 1.82. The zero-order valence-corrected chi connectivity index (χ0v) is 4.37. The molecule has 1 heterocycles. The van der Waals surface area contributed by atoms with Crippen LogP contribution in [0.5, 0.6) is 0 Å². The second-order valence-corrected chi connectivity index (χ2v) is 1.64. The van der Waals surface area contributed by atoms with E-state index in [4.69, 9.17) is 0 Å². The normalized spacial score (nSPS) is 19.4. The average molecular weight is 138 g/mol. The summed E-state index contributed by atoms with van der Waals surface area (Å²) in [5.74, 6) is 0. The van der Waals surface area contributed by atoms with Gasteiger partial charge in [-0.3, -0.25) is 0 Å². The van der Waals surface area contributed by atoms with Gasteiger partial charge in [0.05, 0.1) is 0 Å². The summed E-state index contributed by atoms with van der Waals surface area (Å²) in [7, 11) is 0. The molecule has 0 radical (unpaired) electrons. The third-order valence-electron chi connectivity index (χ3n) is 0.936. The Kier molecular flexibility index (Phi) is 1.27. The Morgan fingerprint density at radius 1 is 1.11 bits per heavy atom. The molecule has 52 valence electrons. The maximum absolute atomic E-state index is 11.6. The Morgan fingerprint density at radius 3 is 1.78 bits per heavy atom. The molecule has 0 atom stereocenters. The number of rotatable bonds is 0. The minimum Gasteiger partial charge on any atom is -0.363 e. The van der Waals surface area contributed by atoms with E-state index in [2.05, 4.69) is 10.6 Å². The van der Waals surface area contributed by atoms with Crippen molar-refractivity contribution in [2.24, 2.45) is 0 Å². The number of alkyl halides is 3. The first kappa shape index (κ1) is 6.25. The summed E-state index contributed by atoms with van der Waals surface area (Å²) in [4.78, 5) is 0. The third kappa shape index (κ3) is 1.28. The lowest BCUT2D eigenvalue weighted by atomic mass is 10.5. The fourth-order valence-electron chi connectivity index (χ4n) is 0.526. The molecule has 1 aliphatic heterocycles. The Bertz CT molecular complexity index is 120. The number of hydrogen-bond acceptors (Lipinski definition) is 2. The summed E-state index contributed by atoms with van der Waals surface area (Å²) in [5.41, 5.74) is 0. The molecule has 0 saturated carbocycles. The van der Waals surface area contributed by atoms with Gasteiger partial charge in [0, 0.05) is 12.4 Å². The predicted molar refractivity (Wildman–Crippen MR) is 25.3 cm³/mol. The van der Waals surface area contributed by atoms with Gasteiger partial charge in [-0.05, 0) is 0 Å². The Labute approximate surface area is 49.7 Å². The Hall–Kier alpha value is -0.870. The first-order valence-corrected chi connectivity index (χ1v) is 2.34. The van der Waals surface area contributed by atoms with E-state index in [0.717, 1.165) is 0 Å². The highest BCUT2D eigenvalue weighted by molar-refractivity contribution is 4.93. The van der Waals surface area contributed by atoms with Crippen LogP contribution in [0.4, 0.5) is 13.2 Å². The van der Waals surface area contributed by atoms with Crippen LogP contribution in [0, 0.1) is 0 Å². The van der Waals surface area contributed by atoms with Gasteiger partial charge in [-0.25, -0.2) is 0 Å². The number of halogens is 3. The number of hydrogen-bond donors (Lipinski definition) is 2. The van der Waals surface area contributed by atoms with Gasteiger partial charge in [-0.2, -0.15) is 13.2 Å². The monoisotopic (exact) mass is 138 g/mol. The maximum atomic E-state index is 11.6. The summed E-state index contributed by atoms with van der Waals surface area (Å²) < 4.78 is 34.8. The first-order valence-electron chi connectivity index (χ1n) is 2.34. The van der Waals surface area contributed by atoms with Crippen molar-refractivity contribution >= 4 is 0 Å². The molecule has 0 aromatic carbocycles.